The summed E-state index contributed by atoms with van der Waals surface area (Å²) in [5.74, 6) is -1.74. The highest BCUT2D eigenvalue weighted by atomic mass is 79.9. The molecule has 21 heavy (non-hydrogen) atoms. The van der Waals surface area contributed by atoms with Gasteiger partial charge in [0, 0.05) is 16.6 Å². The first-order valence-corrected chi connectivity index (χ1v) is 7.01. The van der Waals surface area contributed by atoms with E-state index in [9.17, 15) is 14.4 Å². The van der Waals surface area contributed by atoms with E-state index < -0.39 is 23.3 Å². The van der Waals surface area contributed by atoms with E-state index in [-0.39, 0.29) is 6.42 Å². The average Bonchev–Trinajstić information content (AvgIpc) is 2.32. The number of carbonyl (C=O) groups is 3. The Bertz CT molecular complexity index is 584. The van der Waals surface area contributed by atoms with Crippen LogP contribution in [0.5, 0.6) is 0 Å². The zero-order valence-electron chi connectivity index (χ0n) is 12.0. The van der Waals surface area contributed by atoms with Crippen LogP contribution in [-0.2, 0) is 9.59 Å². The normalized spacial score (nSPS) is 10.9. The Labute approximate surface area is 131 Å². The van der Waals surface area contributed by atoms with Crippen LogP contribution in [0.1, 0.15) is 25.8 Å². The number of hydrogen-bond donors (Lipinski definition) is 3. The minimum absolute atomic E-state index is 0.285. The van der Waals surface area contributed by atoms with Crippen molar-refractivity contribution < 1.29 is 19.5 Å². The number of hydrogen-bond acceptors (Lipinski definition) is 3. The first-order valence-electron chi connectivity index (χ1n) is 6.22. The van der Waals surface area contributed by atoms with Gasteiger partial charge in [0.25, 0.3) is 0 Å². The Morgan fingerprint density at radius 1 is 1.29 bits per heavy atom. The van der Waals surface area contributed by atoms with E-state index in [0.717, 1.165) is 10.0 Å². The summed E-state index contributed by atoms with van der Waals surface area (Å²) in [5, 5.41) is 13.6. The maximum absolute atomic E-state index is 11.7. The third-order valence-corrected chi connectivity index (χ3v) is 3.38. The van der Waals surface area contributed by atoms with E-state index >= 15 is 0 Å². The number of amides is 3. The number of anilines is 1. The summed E-state index contributed by atoms with van der Waals surface area (Å²) in [7, 11) is 0. The summed E-state index contributed by atoms with van der Waals surface area (Å²) in [4.78, 5) is 34.3. The fraction of sp³-hybridized carbons (Fsp3) is 0.357. The van der Waals surface area contributed by atoms with Crippen LogP contribution in [-0.4, -0.2) is 23.0 Å². The van der Waals surface area contributed by atoms with Gasteiger partial charge < -0.3 is 10.4 Å². The number of aliphatic carboxylic acids is 1. The van der Waals surface area contributed by atoms with Gasteiger partial charge in [-0.25, -0.2) is 4.79 Å². The van der Waals surface area contributed by atoms with E-state index in [2.05, 4.69) is 26.6 Å². The van der Waals surface area contributed by atoms with Crippen LogP contribution in [0.25, 0.3) is 0 Å². The lowest BCUT2D eigenvalue weighted by atomic mass is 9.89. The summed E-state index contributed by atoms with van der Waals surface area (Å²) in [6, 6.07) is 4.66. The molecule has 1 aromatic carbocycles. The van der Waals surface area contributed by atoms with Crippen LogP contribution in [0.3, 0.4) is 0 Å². The van der Waals surface area contributed by atoms with Gasteiger partial charge in [-0.05, 0) is 38.5 Å². The SMILES string of the molecule is Cc1ccc(Br)cc1NC(=O)NC(=O)CC(C)(C)C(=O)O. The maximum atomic E-state index is 11.7. The molecule has 0 aliphatic carbocycles. The number of imide groups is 1. The third kappa shape index (κ3) is 5.18. The molecule has 0 bridgehead atoms. The highest BCUT2D eigenvalue weighted by molar-refractivity contribution is 9.10. The first-order chi connectivity index (χ1) is 9.61. The van der Waals surface area contributed by atoms with Crippen molar-refractivity contribution >= 4 is 39.5 Å². The Hall–Kier alpha value is -1.89. The molecule has 114 valence electrons. The van der Waals surface area contributed by atoms with Crippen LogP contribution in [0, 0.1) is 12.3 Å². The molecular weight excluding hydrogens is 340 g/mol. The van der Waals surface area contributed by atoms with Crippen molar-refractivity contribution in [1.29, 1.82) is 0 Å². The van der Waals surface area contributed by atoms with Crippen LogP contribution in [0.4, 0.5) is 10.5 Å². The number of urea groups is 1. The largest absolute Gasteiger partial charge is 0.481 e. The van der Waals surface area contributed by atoms with Gasteiger partial charge in [0.15, 0.2) is 0 Å². The van der Waals surface area contributed by atoms with E-state index in [1.165, 1.54) is 13.8 Å². The Morgan fingerprint density at radius 2 is 1.90 bits per heavy atom. The molecule has 7 heteroatoms. The number of nitrogens with one attached hydrogen (secondary N) is 2. The smallest absolute Gasteiger partial charge is 0.325 e. The van der Waals surface area contributed by atoms with Gasteiger partial charge in [-0.3, -0.25) is 14.9 Å². The standard InChI is InChI=1S/C14H17BrN2O4/c1-8-4-5-9(15)6-10(8)16-13(21)17-11(18)7-14(2,3)12(19)20/h4-6H,7H2,1-3H3,(H,19,20)(H2,16,17,18,21). The minimum atomic E-state index is -1.23. The van der Waals surface area contributed by atoms with Crippen molar-refractivity contribution in [3.05, 3.63) is 28.2 Å². The maximum Gasteiger partial charge on any atom is 0.325 e. The Kier molecular flexibility index (Phi) is 5.48. The fourth-order valence-corrected chi connectivity index (χ4v) is 1.89. The molecule has 0 heterocycles. The summed E-state index contributed by atoms with van der Waals surface area (Å²) >= 11 is 3.29. The molecule has 6 nitrogen and oxygen atoms in total. The van der Waals surface area contributed by atoms with Gasteiger partial charge in [0.1, 0.15) is 0 Å². The molecular formula is C14H17BrN2O4. The van der Waals surface area contributed by atoms with Gasteiger partial charge in [0.2, 0.25) is 5.91 Å². The van der Waals surface area contributed by atoms with Gasteiger partial charge in [0.05, 0.1) is 5.41 Å². The van der Waals surface area contributed by atoms with Crippen molar-refractivity contribution in [3.8, 4) is 0 Å². The Balaban J connectivity index is 2.64. The zero-order valence-corrected chi connectivity index (χ0v) is 13.6. The number of halogens is 1. The molecule has 1 rings (SSSR count). The summed E-state index contributed by atoms with van der Waals surface area (Å²) < 4.78 is 0.793. The van der Waals surface area contributed by atoms with E-state index in [0.29, 0.717) is 5.69 Å². The van der Waals surface area contributed by atoms with Crippen molar-refractivity contribution in [2.24, 2.45) is 5.41 Å². The molecule has 0 saturated heterocycles. The van der Waals surface area contributed by atoms with Crippen LogP contribution >= 0.6 is 15.9 Å². The predicted octanol–water partition coefficient (Wildman–Crippen LogP) is 2.91. The van der Waals surface area contributed by atoms with E-state index in [1.54, 1.807) is 6.07 Å². The van der Waals surface area contributed by atoms with Gasteiger partial charge in [-0.15, -0.1) is 0 Å². The molecule has 0 aliphatic rings. The van der Waals surface area contributed by atoms with Gasteiger partial charge in [-0.1, -0.05) is 22.0 Å². The highest BCUT2D eigenvalue weighted by Gasteiger charge is 2.30. The second-order valence-corrected chi connectivity index (χ2v) is 6.24. The molecule has 3 amide bonds. The lowest BCUT2D eigenvalue weighted by Crippen LogP contribution is -2.38. The van der Waals surface area contributed by atoms with Crippen molar-refractivity contribution in [3.63, 3.8) is 0 Å². The van der Waals surface area contributed by atoms with Crippen LogP contribution in [0.15, 0.2) is 22.7 Å². The minimum Gasteiger partial charge on any atom is -0.481 e. The molecule has 0 aliphatic heterocycles. The third-order valence-electron chi connectivity index (χ3n) is 2.88. The number of aryl methyl sites for hydroxylation is 1. The topological polar surface area (TPSA) is 95.5 Å². The zero-order chi connectivity index (χ0) is 16.2. The van der Waals surface area contributed by atoms with Gasteiger partial charge >= 0.3 is 12.0 Å². The van der Waals surface area contributed by atoms with Gasteiger partial charge in [-0.2, -0.15) is 0 Å². The van der Waals surface area contributed by atoms with Crippen molar-refractivity contribution in [2.45, 2.75) is 27.2 Å². The summed E-state index contributed by atoms with van der Waals surface area (Å²) in [6.45, 7) is 4.66. The average molecular weight is 357 g/mol. The molecule has 0 radical (unpaired) electrons. The molecule has 0 saturated carbocycles. The first kappa shape index (κ1) is 17.2. The molecule has 0 spiro atoms. The quantitative estimate of drug-likeness (QED) is 0.772. The number of carboxylic acid groups (broad SMARTS) is 1. The van der Waals surface area contributed by atoms with E-state index in [1.807, 2.05) is 19.1 Å². The lowest BCUT2D eigenvalue weighted by Gasteiger charge is -2.18. The molecule has 0 aromatic heterocycles. The monoisotopic (exact) mass is 356 g/mol. The summed E-state index contributed by atoms with van der Waals surface area (Å²) in [6.07, 6.45) is -0.285. The molecule has 3 N–H and O–H groups in total. The molecule has 1 aromatic rings. The van der Waals surface area contributed by atoms with Crippen molar-refractivity contribution in [2.75, 3.05) is 5.32 Å². The number of carbonyl (C=O) groups excluding carboxylic acids is 2. The number of benzene rings is 1. The number of carboxylic acids is 1. The number of rotatable bonds is 4. The highest BCUT2D eigenvalue weighted by Crippen LogP contribution is 2.21. The molecule has 0 unspecified atom stereocenters. The van der Waals surface area contributed by atoms with E-state index in [4.69, 9.17) is 5.11 Å². The van der Waals surface area contributed by atoms with Crippen molar-refractivity contribution in [1.82, 2.24) is 5.32 Å². The van der Waals surface area contributed by atoms with Crippen LogP contribution < -0.4 is 10.6 Å². The molecule has 0 fully saturated rings. The fourth-order valence-electron chi connectivity index (χ4n) is 1.53. The summed E-state index contributed by atoms with van der Waals surface area (Å²) in [5.41, 5.74) is 0.176. The second kappa shape index (κ2) is 6.71. The second-order valence-electron chi connectivity index (χ2n) is 5.33. The predicted molar refractivity (Wildman–Crippen MR) is 82.1 cm³/mol. The lowest BCUT2D eigenvalue weighted by molar-refractivity contribution is -0.149. The van der Waals surface area contributed by atoms with Crippen LogP contribution in [0.2, 0.25) is 0 Å². The Morgan fingerprint density at radius 3 is 2.48 bits per heavy atom. The molecule has 0 atom stereocenters.